The van der Waals surface area contributed by atoms with Crippen molar-refractivity contribution in [2.75, 3.05) is 7.11 Å². The van der Waals surface area contributed by atoms with Gasteiger partial charge in [-0.05, 0) is 56.4 Å². The number of nitriles is 1. The quantitative estimate of drug-likeness (QED) is 0.607. The van der Waals surface area contributed by atoms with Crippen molar-refractivity contribution in [3.8, 4) is 17.6 Å². The molecule has 0 aromatic heterocycles. The summed E-state index contributed by atoms with van der Waals surface area (Å²) in [6.07, 6.45) is 4.99. The molecule has 0 saturated heterocycles. The molecule has 0 N–H and O–H groups in total. The average molecular weight is 301 g/mol. The number of nitrogens with zero attached hydrogens (tertiary/aromatic N) is 1. The van der Waals surface area contributed by atoms with Gasteiger partial charge in [0.2, 0.25) is 0 Å². The predicted molar refractivity (Wildman–Crippen MR) is 83.5 cm³/mol. The summed E-state index contributed by atoms with van der Waals surface area (Å²) in [7, 11) is 1.60. The van der Waals surface area contributed by atoms with Crippen molar-refractivity contribution in [2.24, 2.45) is 11.3 Å². The van der Waals surface area contributed by atoms with Crippen molar-refractivity contribution in [1.82, 2.24) is 0 Å². The van der Waals surface area contributed by atoms with Crippen LogP contribution in [0.2, 0.25) is 0 Å². The Morgan fingerprint density at radius 1 is 1.27 bits per heavy atom. The Bertz CT molecular complexity index is 536. The average Bonchev–Trinajstić information content (AvgIpc) is 2.56. The van der Waals surface area contributed by atoms with Gasteiger partial charge >= 0.3 is 5.97 Å². The lowest BCUT2D eigenvalue weighted by atomic mass is 9.69. The van der Waals surface area contributed by atoms with Gasteiger partial charge in [0.25, 0.3) is 0 Å². The van der Waals surface area contributed by atoms with Crippen LogP contribution in [0.25, 0.3) is 0 Å². The number of hydrogen-bond donors (Lipinski definition) is 0. The van der Waals surface area contributed by atoms with Crippen molar-refractivity contribution in [1.29, 1.82) is 5.26 Å². The van der Waals surface area contributed by atoms with E-state index in [0.717, 1.165) is 44.3 Å². The molecule has 0 unspecified atom stereocenters. The van der Waals surface area contributed by atoms with Crippen molar-refractivity contribution in [3.63, 3.8) is 0 Å². The fourth-order valence-corrected chi connectivity index (χ4v) is 3.15. The molecule has 1 saturated carbocycles. The van der Waals surface area contributed by atoms with E-state index in [1.54, 1.807) is 31.4 Å². The highest BCUT2D eigenvalue weighted by Crippen LogP contribution is 2.42. The minimum absolute atomic E-state index is 0.0968. The number of benzene rings is 1. The van der Waals surface area contributed by atoms with Crippen LogP contribution in [-0.4, -0.2) is 13.1 Å². The van der Waals surface area contributed by atoms with Crippen LogP contribution in [0.4, 0.5) is 0 Å². The summed E-state index contributed by atoms with van der Waals surface area (Å²) in [6.45, 7) is 2.10. The molecule has 1 aromatic carbocycles. The molecule has 0 spiro atoms. The zero-order valence-electron chi connectivity index (χ0n) is 13.3. The maximum Gasteiger partial charge on any atom is 0.314 e. The number of esters is 1. The highest BCUT2D eigenvalue weighted by molar-refractivity contribution is 5.75. The van der Waals surface area contributed by atoms with Crippen LogP contribution in [0, 0.1) is 22.7 Å². The zero-order valence-corrected chi connectivity index (χ0v) is 13.3. The van der Waals surface area contributed by atoms with Gasteiger partial charge in [0.05, 0.1) is 24.5 Å². The third-order valence-electron chi connectivity index (χ3n) is 4.52. The number of carbonyl (C=O) groups excluding carboxylic acids is 1. The molecule has 4 nitrogen and oxygen atoms in total. The second-order valence-corrected chi connectivity index (χ2v) is 6.01. The largest absolute Gasteiger partial charge is 0.497 e. The molecule has 0 aliphatic heterocycles. The molecule has 1 aliphatic carbocycles. The predicted octanol–water partition coefficient (Wildman–Crippen LogP) is 4.10. The molecular weight excluding hydrogens is 278 g/mol. The van der Waals surface area contributed by atoms with E-state index in [-0.39, 0.29) is 17.3 Å². The Labute approximate surface area is 132 Å². The van der Waals surface area contributed by atoms with Gasteiger partial charge in [-0.2, -0.15) is 5.26 Å². The summed E-state index contributed by atoms with van der Waals surface area (Å²) in [6, 6.07) is 9.48. The lowest BCUT2D eigenvalue weighted by Gasteiger charge is -2.33. The van der Waals surface area contributed by atoms with E-state index in [0.29, 0.717) is 5.75 Å². The first kappa shape index (κ1) is 16.4. The highest BCUT2D eigenvalue weighted by atomic mass is 16.5. The molecule has 0 atom stereocenters. The lowest BCUT2D eigenvalue weighted by Crippen LogP contribution is -2.31. The second-order valence-electron chi connectivity index (χ2n) is 6.01. The van der Waals surface area contributed by atoms with E-state index >= 15 is 0 Å². The maximum atomic E-state index is 12.2. The first-order valence-corrected chi connectivity index (χ1v) is 7.89. The van der Waals surface area contributed by atoms with Crippen molar-refractivity contribution < 1.29 is 14.3 Å². The number of methoxy groups -OCH3 is 1. The van der Waals surface area contributed by atoms with Crippen LogP contribution in [-0.2, 0) is 4.79 Å². The van der Waals surface area contributed by atoms with Gasteiger partial charge in [0.1, 0.15) is 11.5 Å². The molecule has 0 heterocycles. The third kappa shape index (κ3) is 3.79. The summed E-state index contributed by atoms with van der Waals surface area (Å²) in [5.74, 6) is 0.987. The number of rotatable bonds is 5. The second kappa shape index (κ2) is 7.31. The molecule has 1 aromatic rings. The SMILES string of the molecule is CCC[C@]1(C#N)CC[C@@H](C(=O)Oc2ccc(OC)cc2)CC1. The van der Waals surface area contributed by atoms with E-state index in [9.17, 15) is 10.1 Å². The van der Waals surface area contributed by atoms with Gasteiger partial charge in [-0.3, -0.25) is 4.79 Å². The summed E-state index contributed by atoms with van der Waals surface area (Å²) >= 11 is 0. The molecule has 0 bridgehead atoms. The third-order valence-corrected chi connectivity index (χ3v) is 4.52. The Hall–Kier alpha value is -2.02. The summed E-state index contributed by atoms with van der Waals surface area (Å²) in [5, 5.41) is 9.40. The van der Waals surface area contributed by atoms with Gasteiger partial charge in [0.15, 0.2) is 0 Å². The Kier molecular flexibility index (Phi) is 5.43. The van der Waals surface area contributed by atoms with Crippen LogP contribution in [0.1, 0.15) is 45.4 Å². The van der Waals surface area contributed by atoms with Crippen molar-refractivity contribution in [3.05, 3.63) is 24.3 Å². The normalized spacial score (nSPS) is 24.3. The first-order valence-electron chi connectivity index (χ1n) is 7.89. The van der Waals surface area contributed by atoms with Crippen LogP contribution >= 0.6 is 0 Å². The topological polar surface area (TPSA) is 59.3 Å². The van der Waals surface area contributed by atoms with E-state index in [1.807, 2.05) is 0 Å². The maximum absolute atomic E-state index is 12.2. The first-order chi connectivity index (χ1) is 10.6. The number of carbonyl (C=O) groups is 1. The molecule has 1 fully saturated rings. The van der Waals surface area contributed by atoms with E-state index < -0.39 is 0 Å². The summed E-state index contributed by atoms with van der Waals surface area (Å²) in [4.78, 5) is 12.2. The fraction of sp³-hybridized carbons (Fsp3) is 0.556. The van der Waals surface area contributed by atoms with Crippen LogP contribution in [0.3, 0.4) is 0 Å². The highest BCUT2D eigenvalue weighted by Gasteiger charge is 2.37. The minimum atomic E-state index is -0.231. The van der Waals surface area contributed by atoms with Gasteiger partial charge < -0.3 is 9.47 Å². The van der Waals surface area contributed by atoms with E-state index in [4.69, 9.17) is 9.47 Å². The van der Waals surface area contributed by atoms with E-state index in [2.05, 4.69) is 13.0 Å². The van der Waals surface area contributed by atoms with Crippen LogP contribution in [0.15, 0.2) is 24.3 Å². The van der Waals surface area contributed by atoms with Crippen molar-refractivity contribution >= 4 is 5.97 Å². The molecule has 118 valence electrons. The fourth-order valence-electron chi connectivity index (χ4n) is 3.15. The molecule has 1 aliphatic rings. The Morgan fingerprint density at radius 3 is 2.36 bits per heavy atom. The molecule has 2 rings (SSSR count). The number of hydrogen-bond acceptors (Lipinski definition) is 4. The standard InChI is InChI=1S/C18H23NO3/c1-3-10-18(13-19)11-8-14(9-12-18)17(20)22-16-6-4-15(21-2)5-7-16/h4-7,14H,3,8-12H2,1-2H3/t14-,18+. The van der Waals surface area contributed by atoms with Crippen molar-refractivity contribution in [2.45, 2.75) is 45.4 Å². The number of ether oxygens (including phenoxy) is 2. The molecule has 0 radical (unpaired) electrons. The minimum Gasteiger partial charge on any atom is -0.497 e. The van der Waals surface area contributed by atoms with Gasteiger partial charge in [-0.1, -0.05) is 13.3 Å². The van der Waals surface area contributed by atoms with Gasteiger partial charge in [-0.15, -0.1) is 0 Å². The van der Waals surface area contributed by atoms with Crippen LogP contribution < -0.4 is 9.47 Å². The van der Waals surface area contributed by atoms with Gasteiger partial charge in [0, 0.05) is 0 Å². The lowest BCUT2D eigenvalue weighted by molar-refractivity contribution is -0.140. The van der Waals surface area contributed by atoms with Gasteiger partial charge in [-0.25, -0.2) is 0 Å². The summed E-state index contributed by atoms with van der Waals surface area (Å²) < 4.78 is 10.5. The van der Waals surface area contributed by atoms with Crippen LogP contribution in [0.5, 0.6) is 11.5 Å². The molecule has 0 amide bonds. The Morgan fingerprint density at radius 2 is 1.86 bits per heavy atom. The molecule has 22 heavy (non-hydrogen) atoms. The zero-order chi connectivity index (χ0) is 16.0. The monoisotopic (exact) mass is 301 g/mol. The summed E-state index contributed by atoms with van der Waals surface area (Å²) in [5.41, 5.74) is -0.231. The van der Waals surface area contributed by atoms with E-state index in [1.165, 1.54) is 0 Å². The molecule has 4 heteroatoms. The molecular formula is C18H23NO3. The Balaban J connectivity index is 1.90. The smallest absolute Gasteiger partial charge is 0.314 e.